The first kappa shape index (κ1) is 12.7. The smallest absolute Gasteiger partial charge is 0.321 e. The number of hydrogen-bond acceptors (Lipinski definition) is 2. The molecule has 2 heterocycles. The van der Waals surface area contributed by atoms with Crippen molar-refractivity contribution in [3.8, 4) is 0 Å². The molecule has 0 spiro atoms. The number of aryl methyl sites for hydroxylation is 2. The van der Waals surface area contributed by atoms with Gasteiger partial charge < -0.3 is 9.88 Å². The highest BCUT2D eigenvalue weighted by Gasteiger charge is 2.19. The zero-order valence-electron chi connectivity index (χ0n) is 11.6. The zero-order chi connectivity index (χ0) is 14.3. The Hall–Kier alpha value is -2.30. The Bertz CT molecular complexity index is 749. The van der Waals surface area contributed by atoms with Crippen molar-refractivity contribution in [1.29, 1.82) is 0 Å². The van der Waals surface area contributed by atoms with Crippen molar-refractivity contribution in [2.45, 2.75) is 13.3 Å². The zero-order valence-corrected chi connectivity index (χ0v) is 11.6. The lowest BCUT2D eigenvalue weighted by molar-refractivity contribution is 0.243. The normalized spacial score (nSPS) is 15.5. The molecule has 104 valence electrons. The summed E-state index contributed by atoms with van der Waals surface area (Å²) in [5, 5.41) is 3.87. The molecule has 0 unspecified atom stereocenters. The van der Waals surface area contributed by atoms with Gasteiger partial charge in [0.2, 0.25) is 0 Å². The van der Waals surface area contributed by atoms with E-state index in [0.717, 1.165) is 35.1 Å². The number of nitrogens with zero attached hydrogens (tertiary/aromatic N) is 2. The van der Waals surface area contributed by atoms with Gasteiger partial charge >= 0.3 is 6.03 Å². The maximum absolute atomic E-state index is 11.9. The SMILES string of the molecule is Cc1cc(=O)n(C)c2cc(N3CCCNC3=O)ccc12. The van der Waals surface area contributed by atoms with Crippen LogP contribution in [-0.4, -0.2) is 23.7 Å². The molecule has 1 N–H and O–H groups in total. The molecule has 5 nitrogen and oxygen atoms in total. The maximum Gasteiger partial charge on any atom is 0.321 e. The minimum atomic E-state index is -0.0757. The van der Waals surface area contributed by atoms with Crippen LogP contribution in [0.2, 0.25) is 0 Å². The van der Waals surface area contributed by atoms with Crippen LogP contribution in [-0.2, 0) is 7.05 Å². The summed E-state index contributed by atoms with van der Waals surface area (Å²) >= 11 is 0. The van der Waals surface area contributed by atoms with Gasteiger partial charge in [0.05, 0.1) is 5.52 Å². The molecule has 1 aliphatic rings. The number of rotatable bonds is 1. The first-order valence-corrected chi connectivity index (χ1v) is 6.74. The third kappa shape index (κ3) is 1.95. The summed E-state index contributed by atoms with van der Waals surface area (Å²) in [6.45, 7) is 3.36. The van der Waals surface area contributed by atoms with Gasteiger partial charge in [0, 0.05) is 37.3 Å². The number of anilines is 1. The number of aromatic nitrogens is 1. The Morgan fingerprint density at radius 3 is 2.75 bits per heavy atom. The Morgan fingerprint density at radius 1 is 1.20 bits per heavy atom. The largest absolute Gasteiger partial charge is 0.338 e. The van der Waals surface area contributed by atoms with E-state index in [1.807, 2.05) is 25.1 Å². The summed E-state index contributed by atoms with van der Waals surface area (Å²) in [7, 11) is 1.75. The second kappa shape index (κ2) is 4.67. The highest BCUT2D eigenvalue weighted by atomic mass is 16.2. The predicted octanol–water partition coefficient (Wildman–Crippen LogP) is 1.77. The number of carbonyl (C=O) groups excluding carboxylic acids is 1. The van der Waals surface area contributed by atoms with Gasteiger partial charge in [-0.25, -0.2) is 4.79 Å². The van der Waals surface area contributed by atoms with Crippen molar-refractivity contribution in [3.63, 3.8) is 0 Å². The second-order valence-corrected chi connectivity index (χ2v) is 5.16. The Morgan fingerprint density at radius 2 is 2.00 bits per heavy atom. The fraction of sp³-hybridized carbons (Fsp3) is 0.333. The molecule has 20 heavy (non-hydrogen) atoms. The molecule has 0 bridgehead atoms. The van der Waals surface area contributed by atoms with E-state index in [4.69, 9.17) is 0 Å². The average Bonchev–Trinajstić information content (AvgIpc) is 2.45. The van der Waals surface area contributed by atoms with Gasteiger partial charge in [-0.2, -0.15) is 0 Å². The number of pyridine rings is 1. The van der Waals surface area contributed by atoms with Crippen LogP contribution in [0.3, 0.4) is 0 Å². The number of urea groups is 1. The lowest BCUT2D eigenvalue weighted by Crippen LogP contribution is -2.46. The van der Waals surface area contributed by atoms with Crippen molar-refractivity contribution in [2.75, 3.05) is 18.0 Å². The number of hydrogen-bond donors (Lipinski definition) is 1. The maximum atomic E-state index is 11.9. The van der Waals surface area contributed by atoms with Crippen LogP contribution in [0.25, 0.3) is 10.9 Å². The first-order valence-electron chi connectivity index (χ1n) is 6.74. The van der Waals surface area contributed by atoms with Gasteiger partial charge in [-0.05, 0) is 31.0 Å². The van der Waals surface area contributed by atoms with E-state index in [0.29, 0.717) is 6.54 Å². The lowest BCUT2D eigenvalue weighted by atomic mass is 10.1. The van der Waals surface area contributed by atoms with Crippen molar-refractivity contribution in [3.05, 3.63) is 40.2 Å². The molecular formula is C15H17N3O2. The van der Waals surface area contributed by atoms with Crippen LogP contribution in [0.4, 0.5) is 10.5 Å². The molecule has 0 radical (unpaired) electrons. The standard InChI is InChI=1S/C15H17N3O2/c1-10-8-14(19)17(2)13-9-11(4-5-12(10)13)18-7-3-6-16-15(18)20/h4-5,8-9H,3,6-7H2,1-2H3,(H,16,20). The number of amides is 2. The summed E-state index contributed by atoms with van der Waals surface area (Å²) in [6.07, 6.45) is 0.927. The third-order valence-electron chi connectivity index (χ3n) is 3.83. The molecule has 2 aromatic rings. The number of nitrogens with one attached hydrogen (secondary N) is 1. The van der Waals surface area contributed by atoms with Gasteiger partial charge in [-0.15, -0.1) is 0 Å². The molecule has 1 fully saturated rings. The van der Waals surface area contributed by atoms with Crippen LogP contribution >= 0.6 is 0 Å². The van der Waals surface area contributed by atoms with Crippen molar-refractivity contribution in [2.24, 2.45) is 7.05 Å². The number of carbonyl (C=O) groups is 1. The number of benzene rings is 1. The minimum Gasteiger partial charge on any atom is -0.338 e. The van der Waals surface area contributed by atoms with Crippen molar-refractivity contribution < 1.29 is 4.79 Å². The van der Waals surface area contributed by atoms with E-state index in [1.165, 1.54) is 0 Å². The Balaban J connectivity index is 2.17. The second-order valence-electron chi connectivity index (χ2n) is 5.16. The quantitative estimate of drug-likeness (QED) is 0.859. The summed E-state index contributed by atoms with van der Waals surface area (Å²) in [4.78, 5) is 25.5. The van der Waals surface area contributed by atoms with Crippen molar-refractivity contribution >= 4 is 22.6 Å². The van der Waals surface area contributed by atoms with Gasteiger partial charge in [-0.1, -0.05) is 6.07 Å². The Kier molecular flexibility index (Phi) is 2.97. The van der Waals surface area contributed by atoms with Gasteiger partial charge in [0.15, 0.2) is 0 Å². The molecule has 0 saturated carbocycles. The van der Waals surface area contributed by atoms with Crippen LogP contribution in [0, 0.1) is 6.92 Å². The average molecular weight is 271 g/mol. The highest BCUT2D eigenvalue weighted by molar-refractivity contribution is 5.95. The van der Waals surface area contributed by atoms with Gasteiger partial charge in [-0.3, -0.25) is 9.69 Å². The van der Waals surface area contributed by atoms with E-state index >= 15 is 0 Å². The Labute approximate surface area is 116 Å². The predicted molar refractivity (Wildman–Crippen MR) is 79.3 cm³/mol. The topological polar surface area (TPSA) is 54.3 Å². The molecule has 1 aromatic carbocycles. The van der Waals surface area contributed by atoms with Crippen LogP contribution in [0.1, 0.15) is 12.0 Å². The molecule has 1 aliphatic heterocycles. The van der Waals surface area contributed by atoms with Crippen molar-refractivity contribution in [1.82, 2.24) is 9.88 Å². The monoisotopic (exact) mass is 271 g/mol. The van der Waals surface area contributed by atoms with E-state index in [1.54, 1.807) is 22.6 Å². The molecule has 1 aromatic heterocycles. The summed E-state index contributed by atoms with van der Waals surface area (Å²) in [6, 6.07) is 7.38. The van der Waals surface area contributed by atoms with E-state index in [9.17, 15) is 9.59 Å². The van der Waals surface area contributed by atoms with Gasteiger partial charge in [0.25, 0.3) is 5.56 Å². The van der Waals surface area contributed by atoms with Gasteiger partial charge in [0.1, 0.15) is 0 Å². The fourth-order valence-corrected chi connectivity index (χ4v) is 2.65. The third-order valence-corrected chi connectivity index (χ3v) is 3.83. The summed E-state index contributed by atoms with van der Waals surface area (Å²) in [5.74, 6) is 0. The number of fused-ring (bicyclic) bond motifs is 1. The van der Waals surface area contributed by atoms with Crippen LogP contribution in [0.5, 0.6) is 0 Å². The minimum absolute atomic E-state index is 0.0322. The highest BCUT2D eigenvalue weighted by Crippen LogP contribution is 2.24. The molecule has 2 amide bonds. The lowest BCUT2D eigenvalue weighted by Gasteiger charge is -2.27. The fourth-order valence-electron chi connectivity index (χ4n) is 2.65. The first-order chi connectivity index (χ1) is 9.58. The van der Waals surface area contributed by atoms with E-state index in [-0.39, 0.29) is 11.6 Å². The molecule has 0 aliphatic carbocycles. The van der Waals surface area contributed by atoms with Crippen LogP contribution in [0.15, 0.2) is 29.1 Å². The molecule has 1 saturated heterocycles. The molecule has 5 heteroatoms. The van der Waals surface area contributed by atoms with E-state index < -0.39 is 0 Å². The molecule has 0 atom stereocenters. The van der Waals surface area contributed by atoms with Crippen LogP contribution < -0.4 is 15.8 Å². The molecular weight excluding hydrogens is 254 g/mol. The van der Waals surface area contributed by atoms with E-state index in [2.05, 4.69) is 5.32 Å². The summed E-state index contributed by atoms with van der Waals surface area (Å²) < 4.78 is 1.62. The summed E-state index contributed by atoms with van der Waals surface area (Å²) in [5.41, 5.74) is 2.61. The molecule has 3 rings (SSSR count).